The summed E-state index contributed by atoms with van der Waals surface area (Å²) in [5.41, 5.74) is 2.56. The molecule has 1 atom stereocenters. The second-order valence-corrected chi connectivity index (χ2v) is 7.55. The van der Waals surface area contributed by atoms with Crippen LogP contribution in [0.5, 0.6) is 5.75 Å². The molecule has 2 aromatic carbocycles. The first kappa shape index (κ1) is 19.6. The van der Waals surface area contributed by atoms with E-state index in [0.29, 0.717) is 18.7 Å². The smallest absolute Gasteiger partial charge is 0.167 e. The van der Waals surface area contributed by atoms with Gasteiger partial charge in [-0.15, -0.1) is 0 Å². The van der Waals surface area contributed by atoms with Crippen LogP contribution in [0, 0.1) is 11.7 Å². The fourth-order valence-corrected chi connectivity index (χ4v) is 4.27. The van der Waals surface area contributed by atoms with E-state index in [4.69, 9.17) is 9.72 Å². The SMILES string of the molecule is CCn1c(CN2CCC[C@H](C(=O)c3ccc(OC)c(F)c3)C2)nc2ccccc21. The van der Waals surface area contributed by atoms with Gasteiger partial charge in [-0.1, -0.05) is 12.1 Å². The summed E-state index contributed by atoms with van der Waals surface area (Å²) in [7, 11) is 1.42. The largest absolute Gasteiger partial charge is 0.494 e. The lowest BCUT2D eigenvalue weighted by Gasteiger charge is -2.31. The Labute approximate surface area is 170 Å². The molecular formula is C23H26FN3O2. The van der Waals surface area contributed by atoms with Gasteiger partial charge >= 0.3 is 0 Å². The molecule has 5 nitrogen and oxygen atoms in total. The average molecular weight is 395 g/mol. The van der Waals surface area contributed by atoms with Gasteiger partial charge in [-0.05, 0) is 56.6 Å². The molecule has 1 aliphatic heterocycles. The number of piperidine rings is 1. The summed E-state index contributed by atoms with van der Waals surface area (Å²) >= 11 is 0. The summed E-state index contributed by atoms with van der Waals surface area (Å²) in [6.07, 6.45) is 1.77. The Morgan fingerprint density at radius 1 is 1.28 bits per heavy atom. The number of carbonyl (C=O) groups is 1. The maximum Gasteiger partial charge on any atom is 0.167 e. The first-order valence-electron chi connectivity index (χ1n) is 10.1. The Morgan fingerprint density at radius 2 is 2.10 bits per heavy atom. The number of aromatic nitrogens is 2. The molecule has 0 radical (unpaired) electrons. The van der Waals surface area contributed by atoms with Crippen molar-refractivity contribution in [2.24, 2.45) is 5.92 Å². The van der Waals surface area contributed by atoms with Gasteiger partial charge in [-0.3, -0.25) is 9.69 Å². The highest BCUT2D eigenvalue weighted by Gasteiger charge is 2.28. The van der Waals surface area contributed by atoms with Crippen molar-refractivity contribution in [1.29, 1.82) is 0 Å². The molecule has 1 saturated heterocycles. The third-order valence-corrected chi connectivity index (χ3v) is 5.73. The highest BCUT2D eigenvalue weighted by atomic mass is 19.1. The number of fused-ring (bicyclic) bond motifs is 1. The predicted molar refractivity (Wildman–Crippen MR) is 111 cm³/mol. The number of Topliss-reactive ketones (excluding diaryl/α,β-unsaturated/α-hetero) is 1. The fourth-order valence-electron chi connectivity index (χ4n) is 4.27. The lowest BCUT2D eigenvalue weighted by Crippen LogP contribution is -2.38. The number of ether oxygens (including phenoxy) is 1. The average Bonchev–Trinajstić information content (AvgIpc) is 3.10. The topological polar surface area (TPSA) is 47.4 Å². The van der Waals surface area contributed by atoms with Crippen molar-refractivity contribution >= 4 is 16.8 Å². The Morgan fingerprint density at radius 3 is 2.86 bits per heavy atom. The third kappa shape index (κ3) is 3.90. The van der Waals surface area contributed by atoms with Gasteiger partial charge in [0.05, 0.1) is 24.7 Å². The molecule has 3 aromatic rings. The van der Waals surface area contributed by atoms with Crippen molar-refractivity contribution < 1.29 is 13.9 Å². The molecule has 152 valence electrons. The van der Waals surface area contributed by atoms with Crippen LogP contribution in [0.2, 0.25) is 0 Å². The van der Waals surface area contributed by atoms with Crippen LogP contribution in [0.25, 0.3) is 11.0 Å². The molecule has 6 heteroatoms. The highest BCUT2D eigenvalue weighted by molar-refractivity contribution is 5.98. The van der Waals surface area contributed by atoms with Crippen LogP contribution >= 0.6 is 0 Å². The van der Waals surface area contributed by atoms with E-state index < -0.39 is 5.82 Å². The van der Waals surface area contributed by atoms with Crippen LogP contribution in [0.1, 0.15) is 35.9 Å². The number of rotatable bonds is 6. The van der Waals surface area contributed by atoms with Crippen molar-refractivity contribution in [3.8, 4) is 5.75 Å². The second-order valence-electron chi connectivity index (χ2n) is 7.55. The van der Waals surface area contributed by atoms with Gasteiger partial charge in [0.1, 0.15) is 5.82 Å². The predicted octanol–water partition coefficient (Wildman–Crippen LogP) is 4.30. The summed E-state index contributed by atoms with van der Waals surface area (Å²) in [6.45, 7) is 5.30. The van der Waals surface area contributed by atoms with E-state index in [9.17, 15) is 9.18 Å². The van der Waals surface area contributed by atoms with Crippen LogP contribution in [-0.2, 0) is 13.1 Å². The Kier molecular flexibility index (Phi) is 5.62. The van der Waals surface area contributed by atoms with Crippen LogP contribution in [0.4, 0.5) is 4.39 Å². The number of nitrogens with zero attached hydrogens (tertiary/aromatic N) is 3. The van der Waals surface area contributed by atoms with Crippen molar-refractivity contribution in [3.05, 3.63) is 59.7 Å². The maximum absolute atomic E-state index is 14.0. The van der Waals surface area contributed by atoms with Crippen LogP contribution < -0.4 is 4.74 Å². The van der Waals surface area contributed by atoms with Crippen molar-refractivity contribution in [3.63, 3.8) is 0 Å². The van der Waals surface area contributed by atoms with Crippen LogP contribution in [0.15, 0.2) is 42.5 Å². The van der Waals surface area contributed by atoms with Gasteiger partial charge in [0.25, 0.3) is 0 Å². The number of benzene rings is 2. The van der Waals surface area contributed by atoms with E-state index in [-0.39, 0.29) is 17.5 Å². The van der Waals surface area contributed by atoms with Crippen molar-refractivity contribution in [2.45, 2.75) is 32.9 Å². The van der Waals surface area contributed by atoms with Gasteiger partial charge in [0, 0.05) is 24.6 Å². The lowest BCUT2D eigenvalue weighted by molar-refractivity contribution is 0.0807. The molecule has 4 rings (SSSR count). The van der Waals surface area contributed by atoms with E-state index >= 15 is 0 Å². The zero-order valence-electron chi connectivity index (χ0n) is 16.9. The summed E-state index contributed by atoms with van der Waals surface area (Å²) in [5, 5.41) is 0. The van der Waals surface area contributed by atoms with Crippen LogP contribution in [-0.4, -0.2) is 40.4 Å². The standard InChI is InChI=1S/C23H26FN3O2/c1-3-27-20-9-5-4-8-19(20)25-22(27)15-26-12-6-7-17(14-26)23(28)16-10-11-21(29-2)18(24)13-16/h4-5,8-11,13,17H,3,6-7,12,14-15H2,1-2H3/t17-/m0/s1. The molecule has 0 unspecified atom stereocenters. The second kappa shape index (κ2) is 8.33. The minimum atomic E-state index is -0.498. The minimum Gasteiger partial charge on any atom is -0.494 e. The maximum atomic E-state index is 14.0. The van der Waals surface area contributed by atoms with Crippen LogP contribution in [0.3, 0.4) is 0 Å². The molecule has 1 fully saturated rings. The molecule has 1 aromatic heterocycles. The van der Waals surface area contributed by atoms with Gasteiger partial charge in [0.15, 0.2) is 17.3 Å². The summed E-state index contributed by atoms with van der Waals surface area (Å²) in [6, 6.07) is 12.6. The first-order valence-corrected chi connectivity index (χ1v) is 10.1. The molecule has 0 aliphatic carbocycles. The number of halogens is 1. The molecular weight excluding hydrogens is 369 g/mol. The minimum absolute atomic E-state index is 0.000229. The Bertz CT molecular complexity index is 1030. The lowest BCUT2D eigenvalue weighted by atomic mass is 9.90. The number of para-hydroxylation sites is 2. The Balaban J connectivity index is 1.50. The Hall–Kier alpha value is -2.73. The number of hydrogen-bond acceptors (Lipinski definition) is 4. The highest BCUT2D eigenvalue weighted by Crippen LogP contribution is 2.26. The quantitative estimate of drug-likeness (QED) is 0.584. The van der Waals surface area contributed by atoms with E-state index in [2.05, 4.69) is 22.5 Å². The molecule has 0 saturated carbocycles. The summed E-state index contributed by atoms with van der Waals surface area (Å²) in [4.78, 5) is 20.1. The first-order chi connectivity index (χ1) is 14.1. The molecule has 0 N–H and O–H groups in total. The summed E-state index contributed by atoms with van der Waals surface area (Å²) in [5.74, 6) is 0.557. The third-order valence-electron chi connectivity index (χ3n) is 5.73. The molecule has 29 heavy (non-hydrogen) atoms. The number of ketones is 1. The number of likely N-dealkylation sites (tertiary alicyclic amines) is 1. The van der Waals surface area contributed by atoms with Gasteiger partial charge in [-0.25, -0.2) is 9.37 Å². The summed E-state index contributed by atoms with van der Waals surface area (Å²) < 4.78 is 21.2. The number of aryl methyl sites for hydroxylation is 1. The molecule has 0 spiro atoms. The fraction of sp³-hybridized carbons (Fsp3) is 0.391. The zero-order valence-corrected chi connectivity index (χ0v) is 16.9. The van der Waals surface area contributed by atoms with Gasteiger partial charge in [0.2, 0.25) is 0 Å². The van der Waals surface area contributed by atoms with E-state index in [1.54, 1.807) is 6.07 Å². The zero-order chi connectivity index (χ0) is 20.4. The van der Waals surface area contributed by atoms with E-state index in [1.165, 1.54) is 19.2 Å². The van der Waals surface area contributed by atoms with Gasteiger partial charge < -0.3 is 9.30 Å². The van der Waals surface area contributed by atoms with Gasteiger partial charge in [-0.2, -0.15) is 0 Å². The number of methoxy groups -OCH3 is 1. The molecule has 0 amide bonds. The van der Waals surface area contributed by atoms with Crippen molar-refractivity contribution in [2.75, 3.05) is 20.2 Å². The van der Waals surface area contributed by atoms with E-state index in [0.717, 1.165) is 42.8 Å². The molecule has 2 heterocycles. The van der Waals surface area contributed by atoms with Crippen molar-refractivity contribution in [1.82, 2.24) is 14.5 Å². The number of hydrogen-bond donors (Lipinski definition) is 0. The van der Waals surface area contributed by atoms with E-state index in [1.807, 2.05) is 18.2 Å². The molecule has 0 bridgehead atoms. The number of imidazole rings is 1. The molecule has 1 aliphatic rings. The number of carbonyl (C=O) groups excluding carboxylic acids is 1. The normalized spacial score (nSPS) is 17.6. The monoisotopic (exact) mass is 395 g/mol.